The Morgan fingerprint density at radius 3 is 2.55 bits per heavy atom. The molecule has 1 aliphatic heterocycles. The molecule has 0 radical (unpaired) electrons. The number of carboxylic acid groups (broad SMARTS) is 1. The third-order valence-electron chi connectivity index (χ3n) is 4.51. The van der Waals surface area contributed by atoms with E-state index < -0.39 is 22.9 Å². The van der Waals surface area contributed by atoms with Crippen LogP contribution >= 0.6 is 23.4 Å². The molecule has 0 atom stereocenters. The summed E-state index contributed by atoms with van der Waals surface area (Å²) in [5.74, 6) is -1.22. The van der Waals surface area contributed by atoms with Crippen molar-refractivity contribution < 1.29 is 28.3 Å². The summed E-state index contributed by atoms with van der Waals surface area (Å²) in [6.45, 7) is 0.0418. The molecule has 2 amide bonds. The second-order valence-electron chi connectivity index (χ2n) is 6.60. The van der Waals surface area contributed by atoms with E-state index in [1.165, 1.54) is 42.5 Å². The summed E-state index contributed by atoms with van der Waals surface area (Å²) < 4.78 is 18.8. The zero-order chi connectivity index (χ0) is 22.1. The average Bonchev–Trinajstić information content (AvgIpc) is 3.29. The largest absolute Gasteiger partial charge is 0.478 e. The topological polar surface area (TPSA) is 87.8 Å². The molecule has 156 valence electrons. The highest BCUT2D eigenvalue weighted by molar-refractivity contribution is 8.18. The minimum absolute atomic E-state index is 0.0213. The average molecular weight is 458 g/mol. The Bertz CT molecular complexity index is 1230. The zero-order valence-corrected chi connectivity index (χ0v) is 17.2. The molecule has 6 nitrogen and oxygen atoms in total. The van der Waals surface area contributed by atoms with Crippen molar-refractivity contribution in [3.8, 4) is 11.3 Å². The first kappa shape index (κ1) is 20.9. The Hall–Kier alpha value is -3.36. The van der Waals surface area contributed by atoms with Crippen LogP contribution in [0.3, 0.4) is 0 Å². The van der Waals surface area contributed by atoms with Crippen LogP contribution < -0.4 is 0 Å². The summed E-state index contributed by atoms with van der Waals surface area (Å²) in [5, 5.41) is 8.71. The number of hydrogen-bond donors (Lipinski definition) is 1. The van der Waals surface area contributed by atoms with Crippen molar-refractivity contribution in [2.24, 2.45) is 0 Å². The van der Waals surface area contributed by atoms with E-state index in [1.54, 1.807) is 18.2 Å². The highest BCUT2D eigenvalue weighted by atomic mass is 35.5. The normalized spacial score (nSPS) is 15.2. The Kier molecular flexibility index (Phi) is 5.67. The lowest BCUT2D eigenvalue weighted by atomic mass is 10.1. The van der Waals surface area contributed by atoms with Gasteiger partial charge in [-0.25, -0.2) is 9.18 Å². The first-order valence-electron chi connectivity index (χ1n) is 8.94. The van der Waals surface area contributed by atoms with Crippen LogP contribution in [0.15, 0.2) is 63.9 Å². The molecule has 9 heteroatoms. The fraction of sp³-hybridized carbons (Fsp3) is 0.0455. The number of carbonyl (C=O) groups is 3. The van der Waals surface area contributed by atoms with Crippen molar-refractivity contribution in [3.63, 3.8) is 0 Å². The minimum atomic E-state index is -1.13. The summed E-state index contributed by atoms with van der Waals surface area (Å²) in [4.78, 5) is 37.3. The lowest BCUT2D eigenvalue weighted by molar-refractivity contribution is -0.123. The van der Waals surface area contributed by atoms with Gasteiger partial charge in [-0.15, -0.1) is 0 Å². The SMILES string of the molecule is O=C(O)c1ccc(-c2ccc(C=C3SC(=O)N(Cc4ccc(F)cc4)C3=O)o2)cc1Cl. The fourth-order valence-electron chi connectivity index (χ4n) is 2.97. The van der Waals surface area contributed by atoms with Crippen molar-refractivity contribution in [1.29, 1.82) is 0 Å². The van der Waals surface area contributed by atoms with E-state index in [0.717, 1.165) is 16.7 Å². The number of imide groups is 1. The number of nitrogens with zero attached hydrogens (tertiary/aromatic N) is 1. The molecular formula is C22H13ClFNO5S. The molecule has 1 saturated heterocycles. The Balaban J connectivity index is 1.53. The van der Waals surface area contributed by atoms with Crippen LogP contribution in [-0.4, -0.2) is 27.1 Å². The maximum Gasteiger partial charge on any atom is 0.337 e. The van der Waals surface area contributed by atoms with E-state index in [-0.39, 0.29) is 22.0 Å². The molecule has 31 heavy (non-hydrogen) atoms. The fourth-order valence-corrected chi connectivity index (χ4v) is 4.05. The van der Waals surface area contributed by atoms with Gasteiger partial charge in [0, 0.05) is 11.6 Å². The molecule has 4 rings (SSSR count). The van der Waals surface area contributed by atoms with Crippen molar-refractivity contribution in [2.45, 2.75) is 6.54 Å². The second kappa shape index (κ2) is 8.41. The molecule has 0 spiro atoms. The van der Waals surface area contributed by atoms with Crippen molar-refractivity contribution in [2.75, 3.05) is 0 Å². The van der Waals surface area contributed by atoms with Crippen LogP contribution in [0.5, 0.6) is 0 Å². The third kappa shape index (κ3) is 4.40. The molecule has 0 saturated carbocycles. The smallest absolute Gasteiger partial charge is 0.337 e. The van der Waals surface area contributed by atoms with E-state index in [9.17, 15) is 18.8 Å². The van der Waals surface area contributed by atoms with Crippen LogP contribution in [0.4, 0.5) is 9.18 Å². The Morgan fingerprint density at radius 2 is 1.87 bits per heavy atom. The van der Waals surface area contributed by atoms with E-state index in [2.05, 4.69) is 0 Å². The summed E-state index contributed by atoms with van der Waals surface area (Å²) in [6.07, 6.45) is 1.46. The molecule has 0 unspecified atom stereocenters. The molecule has 2 heterocycles. The van der Waals surface area contributed by atoms with Gasteiger partial charge < -0.3 is 9.52 Å². The van der Waals surface area contributed by atoms with Crippen LogP contribution in [-0.2, 0) is 11.3 Å². The number of rotatable bonds is 5. The number of benzene rings is 2. The third-order valence-corrected chi connectivity index (χ3v) is 5.73. The van der Waals surface area contributed by atoms with Gasteiger partial charge in [-0.05, 0) is 53.7 Å². The van der Waals surface area contributed by atoms with E-state index in [1.807, 2.05) is 0 Å². The van der Waals surface area contributed by atoms with E-state index in [4.69, 9.17) is 21.1 Å². The molecule has 3 aromatic rings. The van der Waals surface area contributed by atoms with Crippen LogP contribution in [0.2, 0.25) is 5.02 Å². The molecule has 0 aliphatic carbocycles. The first-order valence-corrected chi connectivity index (χ1v) is 10.1. The molecule has 1 aromatic heterocycles. The zero-order valence-electron chi connectivity index (χ0n) is 15.7. The van der Waals surface area contributed by atoms with Gasteiger partial charge in [0.1, 0.15) is 17.3 Å². The molecule has 1 fully saturated rings. The van der Waals surface area contributed by atoms with Gasteiger partial charge in [0.25, 0.3) is 11.1 Å². The van der Waals surface area contributed by atoms with Gasteiger partial charge in [-0.3, -0.25) is 14.5 Å². The molecule has 0 bridgehead atoms. The maximum atomic E-state index is 13.1. The number of hydrogen-bond acceptors (Lipinski definition) is 5. The molecular weight excluding hydrogens is 445 g/mol. The van der Waals surface area contributed by atoms with Gasteiger partial charge in [-0.2, -0.15) is 0 Å². The summed E-state index contributed by atoms with van der Waals surface area (Å²) in [7, 11) is 0. The lowest BCUT2D eigenvalue weighted by Crippen LogP contribution is -2.27. The van der Waals surface area contributed by atoms with Gasteiger partial charge in [0.2, 0.25) is 0 Å². The lowest BCUT2D eigenvalue weighted by Gasteiger charge is -2.12. The number of aromatic carboxylic acids is 1. The number of amides is 2. The molecule has 1 N–H and O–H groups in total. The monoisotopic (exact) mass is 457 g/mol. The first-order chi connectivity index (χ1) is 14.8. The van der Waals surface area contributed by atoms with Crippen LogP contribution in [0.1, 0.15) is 21.7 Å². The highest BCUT2D eigenvalue weighted by Gasteiger charge is 2.35. The summed E-state index contributed by atoms with van der Waals surface area (Å²) in [6, 6.07) is 13.3. The van der Waals surface area contributed by atoms with E-state index >= 15 is 0 Å². The van der Waals surface area contributed by atoms with Gasteiger partial charge >= 0.3 is 5.97 Å². The standard InChI is InChI=1S/C22H13ClFNO5S/c23-17-9-13(3-7-16(17)21(27)28)18-8-6-15(30-18)10-19-20(26)25(22(29)31-19)11-12-1-4-14(24)5-2-12/h1-10H,11H2,(H,27,28). The summed E-state index contributed by atoms with van der Waals surface area (Å²) in [5.41, 5.74) is 1.18. The van der Waals surface area contributed by atoms with Crippen molar-refractivity contribution in [1.82, 2.24) is 4.90 Å². The Labute approximate surface area is 184 Å². The van der Waals surface area contributed by atoms with Gasteiger partial charge in [0.05, 0.1) is 22.0 Å². The molecule has 1 aliphatic rings. The summed E-state index contributed by atoms with van der Waals surface area (Å²) >= 11 is 6.79. The van der Waals surface area contributed by atoms with Crippen molar-refractivity contribution in [3.05, 3.63) is 87.2 Å². The maximum absolute atomic E-state index is 13.1. The quantitative estimate of drug-likeness (QED) is 0.496. The van der Waals surface area contributed by atoms with Crippen LogP contribution in [0, 0.1) is 5.82 Å². The Morgan fingerprint density at radius 1 is 1.13 bits per heavy atom. The van der Waals surface area contributed by atoms with Crippen molar-refractivity contribution >= 4 is 46.6 Å². The van der Waals surface area contributed by atoms with Gasteiger partial charge in [0.15, 0.2) is 0 Å². The number of halogens is 2. The minimum Gasteiger partial charge on any atom is -0.478 e. The van der Waals surface area contributed by atoms with Gasteiger partial charge in [-0.1, -0.05) is 29.8 Å². The number of furan rings is 1. The number of thioether (sulfide) groups is 1. The second-order valence-corrected chi connectivity index (χ2v) is 8.00. The predicted molar refractivity (Wildman–Crippen MR) is 114 cm³/mol. The van der Waals surface area contributed by atoms with Crippen LogP contribution in [0.25, 0.3) is 17.4 Å². The molecule has 2 aromatic carbocycles. The van der Waals surface area contributed by atoms with E-state index in [0.29, 0.717) is 22.6 Å². The predicted octanol–water partition coefficient (Wildman–Crippen LogP) is 5.67. The number of carbonyl (C=O) groups excluding carboxylic acids is 2. The number of carboxylic acids is 1. The highest BCUT2D eigenvalue weighted by Crippen LogP contribution is 2.34.